The predicted molar refractivity (Wildman–Crippen MR) is 133 cm³/mol. The first kappa shape index (κ1) is 21.5. The molecule has 5 rings (SSSR count). The van der Waals surface area contributed by atoms with Gasteiger partial charge in [-0.05, 0) is 43.9 Å². The van der Waals surface area contributed by atoms with E-state index in [4.69, 9.17) is 9.51 Å². The van der Waals surface area contributed by atoms with Gasteiger partial charge < -0.3 is 19.6 Å². The van der Waals surface area contributed by atoms with Crippen LogP contribution in [0.2, 0.25) is 0 Å². The van der Waals surface area contributed by atoms with Crippen LogP contribution in [-0.4, -0.2) is 47.3 Å². The van der Waals surface area contributed by atoms with E-state index in [1.54, 1.807) is 11.3 Å². The summed E-state index contributed by atoms with van der Waals surface area (Å²) < 4.78 is 5.55. The van der Waals surface area contributed by atoms with Gasteiger partial charge in [-0.15, -0.1) is 11.3 Å². The SMILES string of the molecule is Cc1ccc(C)c(NC(=O)N2CCN(c3nc(-c4cc(C5=CCCC=C5)on4)cs3)CC2)c1. The van der Waals surface area contributed by atoms with Crippen molar-refractivity contribution < 1.29 is 9.32 Å². The van der Waals surface area contributed by atoms with E-state index < -0.39 is 0 Å². The highest BCUT2D eigenvalue weighted by Crippen LogP contribution is 2.30. The molecule has 0 bridgehead atoms. The number of hydrogen-bond donors (Lipinski definition) is 1. The largest absolute Gasteiger partial charge is 0.356 e. The molecule has 1 fully saturated rings. The molecule has 1 aromatic carbocycles. The van der Waals surface area contributed by atoms with Gasteiger partial charge in [0.25, 0.3) is 0 Å². The number of nitrogens with one attached hydrogen (secondary N) is 1. The van der Waals surface area contributed by atoms with Gasteiger partial charge in [0, 0.05) is 48.9 Å². The Labute approximate surface area is 197 Å². The number of hydrogen-bond acceptors (Lipinski definition) is 6. The monoisotopic (exact) mass is 461 g/mol. The highest BCUT2D eigenvalue weighted by molar-refractivity contribution is 7.14. The van der Waals surface area contributed by atoms with Crippen LogP contribution in [0.25, 0.3) is 17.0 Å². The summed E-state index contributed by atoms with van der Waals surface area (Å²) in [5.41, 5.74) is 5.71. The van der Waals surface area contributed by atoms with Crippen molar-refractivity contribution in [2.75, 3.05) is 36.4 Å². The summed E-state index contributed by atoms with van der Waals surface area (Å²) in [6, 6.07) is 8.00. The minimum absolute atomic E-state index is 0.0515. The van der Waals surface area contributed by atoms with Gasteiger partial charge in [-0.25, -0.2) is 9.78 Å². The van der Waals surface area contributed by atoms with Crippen molar-refractivity contribution in [1.82, 2.24) is 15.0 Å². The van der Waals surface area contributed by atoms with Crippen LogP contribution in [0.1, 0.15) is 29.7 Å². The number of anilines is 2. The second-order valence-corrected chi connectivity index (χ2v) is 9.29. The predicted octanol–water partition coefficient (Wildman–Crippen LogP) is 5.50. The fraction of sp³-hybridized carbons (Fsp3) is 0.320. The highest BCUT2D eigenvalue weighted by Gasteiger charge is 2.24. The molecule has 8 heteroatoms. The third-order valence-corrected chi connectivity index (χ3v) is 6.92. The number of benzene rings is 1. The molecule has 1 N–H and O–H groups in total. The van der Waals surface area contributed by atoms with Gasteiger partial charge >= 0.3 is 6.03 Å². The van der Waals surface area contributed by atoms with Crippen LogP contribution < -0.4 is 10.2 Å². The van der Waals surface area contributed by atoms with Crippen LogP contribution in [0.5, 0.6) is 0 Å². The lowest BCUT2D eigenvalue weighted by Gasteiger charge is -2.34. The second kappa shape index (κ2) is 9.23. The quantitative estimate of drug-likeness (QED) is 0.555. The molecule has 1 aliphatic carbocycles. The topological polar surface area (TPSA) is 74.5 Å². The number of thiazole rings is 1. The molecule has 1 saturated heterocycles. The number of carbonyl (C=O) groups is 1. The van der Waals surface area contributed by atoms with Gasteiger partial charge in [-0.2, -0.15) is 0 Å². The van der Waals surface area contributed by atoms with Gasteiger partial charge in [-0.1, -0.05) is 35.5 Å². The molecule has 170 valence electrons. The number of allylic oxidation sites excluding steroid dienone is 4. The first-order valence-corrected chi connectivity index (χ1v) is 12.1. The summed E-state index contributed by atoms with van der Waals surface area (Å²) in [4.78, 5) is 21.6. The number of nitrogens with zero attached hydrogens (tertiary/aromatic N) is 4. The number of amides is 2. The summed E-state index contributed by atoms with van der Waals surface area (Å²) in [5.74, 6) is 0.777. The average molecular weight is 462 g/mol. The lowest BCUT2D eigenvalue weighted by Crippen LogP contribution is -2.50. The fourth-order valence-corrected chi connectivity index (χ4v) is 4.89. The molecule has 2 aliphatic rings. The number of rotatable bonds is 4. The van der Waals surface area contributed by atoms with Crippen molar-refractivity contribution in [2.45, 2.75) is 26.7 Å². The molecule has 0 atom stereocenters. The van der Waals surface area contributed by atoms with Crippen LogP contribution >= 0.6 is 11.3 Å². The maximum absolute atomic E-state index is 12.8. The lowest BCUT2D eigenvalue weighted by molar-refractivity contribution is 0.208. The summed E-state index contributed by atoms with van der Waals surface area (Å²) in [5, 5.41) is 10.2. The first-order chi connectivity index (χ1) is 16.1. The Morgan fingerprint density at radius 2 is 1.94 bits per heavy atom. The zero-order valence-corrected chi connectivity index (χ0v) is 19.7. The first-order valence-electron chi connectivity index (χ1n) is 11.2. The Morgan fingerprint density at radius 3 is 2.73 bits per heavy atom. The molecule has 33 heavy (non-hydrogen) atoms. The maximum Gasteiger partial charge on any atom is 0.321 e. The number of urea groups is 1. The zero-order chi connectivity index (χ0) is 22.8. The number of carbonyl (C=O) groups excluding carboxylic acids is 1. The van der Waals surface area contributed by atoms with E-state index in [1.165, 1.54) is 0 Å². The molecule has 0 spiro atoms. The average Bonchev–Trinajstić information content (AvgIpc) is 3.52. The Morgan fingerprint density at radius 1 is 1.09 bits per heavy atom. The molecule has 0 saturated carbocycles. The highest BCUT2D eigenvalue weighted by atomic mass is 32.1. The minimum atomic E-state index is -0.0515. The Balaban J connectivity index is 1.19. The molecule has 2 aromatic heterocycles. The molecular formula is C25H27N5O2S. The molecule has 1 aliphatic heterocycles. The van der Waals surface area contributed by atoms with Crippen molar-refractivity contribution in [3.63, 3.8) is 0 Å². The third kappa shape index (κ3) is 4.71. The zero-order valence-electron chi connectivity index (χ0n) is 18.9. The molecule has 0 radical (unpaired) electrons. The van der Waals surface area contributed by atoms with E-state index in [9.17, 15) is 4.79 Å². The normalized spacial score (nSPS) is 16.1. The minimum Gasteiger partial charge on any atom is -0.356 e. The van der Waals surface area contributed by atoms with Crippen LogP contribution in [-0.2, 0) is 0 Å². The standard InChI is InChI=1S/C25H27N5O2S/c1-17-8-9-18(2)20(14-17)26-24(31)29-10-12-30(13-11-29)25-27-22(16-33-25)21-15-23(32-28-21)19-6-4-3-5-7-19/h4,6-9,14-16H,3,5,10-13H2,1-2H3,(H,26,31). The van der Waals surface area contributed by atoms with Gasteiger partial charge in [0.15, 0.2) is 10.9 Å². The van der Waals surface area contributed by atoms with Crippen molar-refractivity contribution in [1.29, 1.82) is 0 Å². The Bertz CT molecular complexity index is 1220. The van der Waals surface area contributed by atoms with Crippen LogP contribution in [0.15, 0.2) is 52.4 Å². The van der Waals surface area contributed by atoms with Gasteiger partial charge in [0.1, 0.15) is 11.4 Å². The molecular weight excluding hydrogens is 434 g/mol. The van der Waals surface area contributed by atoms with Crippen LogP contribution in [0, 0.1) is 13.8 Å². The molecule has 7 nitrogen and oxygen atoms in total. The van der Waals surface area contributed by atoms with E-state index in [-0.39, 0.29) is 6.03 Å². The van der Waals surface area contributed by atoms with Crippen LogP contribution in [0.4, 0.5) is 15.6 Å². The van der Waals surface area contributed by atoms with E-state index in [0.717, 1.165) is 70.6 Å². The number of aromatic nitrogens is 2. The number of piperazine rings is 1. The third-order valence-electron chi connectivity index (χ3n) is 6.02. The number of aryl methyl sites for hydroxylation is 2. The van der Waals surface area contributed by atoms with Gasteiger partial charge in [-0.3, -0.25) is 0 Å². The molecule has 2 amide bonds. The molecule has 0 unspecified atom stereocenters. The smallest absolute Gasteiger partial charge is 0.321 e. The fourth-order valence-electron chi connectivity index (χ4n) is 4.02. The van der Waals surface area contributed by atoms with E-state index in [0.29, 0.717) is 13.1 Å². The Hall–Kier alpha value is -3.39. The second-order valence-electron chi connectivity index (χ2n) is 8.45. The summed E-state index contributed by atoms with van der Waals surface area (Å²) >= 11 is 1.60. The van der Waals surface area contributed by atoms with Gasteiger partial charge in [0.05, 0.1) is 0 Å². The van der Waals surface area contributed by atoms with Crippen molar-refractivity contribution >= 4 is 33.8 Å². The van der Waals surface area contributed by atoms with Crippen molar-refractivity contribution in [3.8, 4) is 11.4 Å². The van der Waals surface area contributed by atoms with Crippen LogP contribution in [0.3, 0.4) is 0 Å². The van der Waals surface area contributed by atoms with E-state index in [1.807, 2.05) is 42.3 Å². The summed E-state index contributed by atoms with van der Waals surface area (Å²) in [6.45, 7) is 6.83. The summed E-state index contributed by atoms with van der Waals surface area (Å²) in [6.07, 6.45) is 8.50. The Kier molecular flexibility index (Phi) is 6.00. The maximum atomic E-state index is 12.8. The molecule has 3 aromatic rings. The summed E-state index contributed by atoms with van der Waals surface area (Å²) in [7, 11) is 0. The van der Waals surface area contributed by atoms with Gasteiger partial charge in [0.2, 0.25) is 0 Å². The molecule has 3 heterocycles. The van der Waals surface area contributed by atoms with Crippen molar-refractivity contribution in [2.24, 2.45) is 0 Å². The van der Waals surface area contributed by atoms with E-state index >= 15 is 0 Å². The lowest BCUT2D eigenvalue weighted by atomic mass is 10.0. The van der Waals surface area contributed by atoms with E-state index in [2.05, 4.69) is 39.7 Å². The van der Waals surface area contributed by atoms with Crippen molar-refractivity contribution in [3.05, 3.63) is 64.8 Å².